The number of rotatable bonds is 3. The number of nitrogens with two attached hydrogens (primary N) is 1. The van der Waals surface area contributed by atoms with Crippen LogP contribution in [0.15, 0.2) is 18.2 Å². The zero-order valence-corrected chi connectivity index (χ0v) is 12.9. The highest BCUT2D eigenvalue weighted by Crippen LogP contribution is 2.27. The van der Waals surface area contributed by atoms with Crippen LogP contribution in [-0.2, 0) is 0 Å². The fourth-order valence-corrected chi connectivity index (χ4v) is 2.96. The fourth-order valence-electron chi connectivity index (χ4n) is 2.96. The van der Waals surface area contributed by atoms with Crippen molar-refractivity contribution in [3.63, 3.8) is 0 Å². The Kier molecular flexibility index (Phi) is 5.41. The molecule has 112 valence electrons. The van der Waals surface area contributed by atoms with Crippen molar-refractivity contribution >= 4 is 5.91 Å². The summed E-state index contributed by atoms with van der Waals surface area (Å²) in [5, 5.41) is 3.13. The van der Waals surface area contributed by atoms with E-state index in [1.807, 2.05) is 25.1 Å². The van der Waals surface area contributed by atoms with E-state index in [-0.39, 0.29) is 11.9 Å². The van der Waals surface area contributed by atoms with Crippen molar-refractivity contribution in [2.45, 2.75) is 45.6 Å². The molecule has 1 aromatic rings. The Hall–Kier alpha value is -1.79. The average Bonchev–Trinajstić information content (AvgIpc) is 3.00. The first-order valence-electron chi connectivity index (χ1n) is 7.72. The molecule has 0 aliphatic heterocycles. The second kappa shape index (κ2) is 7.28. The zero-order chi connectivity index (χ0) is 15.2. The van der Waals surface area contributed by atoms with E-state index in [1.54, 1.807) is 0 Å². The molecule has 1 fully saturated rings. The Morgan fingerprint density at radius 3 is 2.76 bits per heavy atom. The van der Waals surface area contributed by atoms with Crippen molar-refractivity contribution in [3.8, 4) is 11.8 Å². The first kappa shape index (κ1) is 15.6. The highest BCUT2D eigenvalue weighted by molar-refractivity contribution is 5.94. The summed E-state index contributed by atoms with van der Waals surface area (Å²) in [4.78, 5) is 12.3. The molecule has 0 radical (unpaired) electrons. The van der Waals surface area contributed by atoms with Crippen LogP contribution < -0.4 is 11.1 Å². The second-order valence-corrected chi connectivity index (χ2v) is 5.84. The van der Waals surface area contributed by atoms with Gasteiger partial charge >= 0.3 is 0 Å². The summed E-state index contributed by atoms with van der Waals surface area (Å²) >= 11 is 0. The van der Waals surface area contributed by atoms with Gasteiger partial charge in [0.15, 0.2) is 0 Å². The molecule has 3 nitrogen and oxygen atoms in total. The molecular formula is C18H24N2O. The second-order valence-electron chi connectivity index (χ2n) is 5.84. The normalized spacial score (nSPS) is 16.1. The molecule has 1 atom stereocenters. The van der Waals surface area contributed by atoms with E-state index >= 15 is 0 Å². The van der Waals surface area contributed by atoms with Crippen LogP contribution in [-0.4, -0.2) is 18.5 Å². The van der Waals surface area contributed by atoms with Gasteiger partial charge < -0.3 is 11.1 Å². The number of benzene rings is 1. The molecule has 0 aromatic heterocycles. The van der Waals surface area contributed by atoms with Crippen LogP contribution in [0, 0.1) is 24.7 Å². The first-order valence-corrected chi connectivity index (χ1v) is 7.72. The molecule has 0 heterocycles. The van der Waals surface area contributed by atoms with Crippen molar-refractivity contribution in [3.05, 3.63) is 34.9 Å². The van der Waals surface area contributed by atoms with Crippen LogP contribution in [0.5, 0.6) is 0 Å². The molecule has 2 rings (SSSR count). The van der Waals surface area contributed by atoms with Crippen LogP contribution in [0.1, 0.15) is 54.1 Å². The molecule has 3 heteroatoms. The predicted molar refractivity (Wildman–Crippen MR) is 86.0 cm³/mol. The number of carbonyl (C=O) groups excluding carboxylic acids is 1. The quantitative estimate of drug-likeness (QED) is 0.838. The minimum absolute atomic E-state index is 0.0100. The number of nitrogens with one attached hydrogen (secondary N) is 1. The molecule has 21 heavy (non-hydrogen) atoms. The van der Waals surface area contributed by atoms with Crippen molar-refractivity contribution in [1.29, 1.82) is 0 Å². The van der Waals surface area contributed by atoms with Crippen molar-refractivity contribution < 1.29 is 4.79 Å². The van der Waals surface area contributed by atoms with E-state index in [0.717, 1.165) is 11.1 Å². The fraction of sp³-hybridized carbons (Fsp3) is 0.500. The Labute approximate surface area is 127 Å². The third-order valence-corrected chi connectivity index (χ3v) is 4.28. The van der Waals surface area contributed by atoms with Crippen LogP contribution in [0.25, 0.3) is 0 Å². The summed E-state index contributed by atoms with van der Waals surface area (Å²) in [6, 6.07) is 5.88. The third kappa shape index (κ3) is 4.09. The third-order valence-electron chi connectivity index (χ3n) is 4.28. The Bertz CT molecular complexity index is 562. The van der Waals surface area contributed by atoms with Crippen LogP contribution in [0.2, 0.25) is 0 Å². The number of hydrogen-bond acceptors (Lipinski definition) is 2. The summed E-state index contributed by atoms with van der Waals surface area (Å²) in [6.07, 6.45) is 5.04. The zero-order valence-electron chi connectivity index (χ0n) is 12.9. The van der Waals surface area contributed by atoms with Crippen LogP contribution in [0.3, 0.4) is 0 Å². The SMILES string of the molecule is Cc1cc(C(=O)NC(C)C2CCCC2)ccc1C#CCN. The smallest absolute Gasteiger partial charge is 0.251 e. The maximum absolute atomic E-state index is 12.3. The molecular weight excluding hydrogens is 260 g/mol. The summed E-state index contributed by atoms with van der Waals surface area (Å²) in [7, 11) is 0. The monoisotopic (exact) mass is 284 g/mol. The molecule has 0 saturated heterocycles. The molecule has 1 unspecified atom stereocenters. The van der Waals surface area contributed by atoms with Gasteiger partial charge in [0.25, 0.3) is 5.91 Å². The largest absolute Gasteiger partial charge is 0.349 e. The lowest BCUT2D eigenvalue weighted by Crippen LogP contribution is -2.37. The van der Waals surface area contributed by atoms with E-state index in [1.165, 1.54) is 25.7 Å². The van der Waals surface area contributed by atoms with Gasteiger partial charge in [0.2, 0.25) is 0 Å². The molecule has 1 amide bonds. The van der Waals surface area contributed by atoms with Gasteiger partial charge in [-0.25, -0.2) is 0 Å². The van der Waals surface area contributed by atoms with Gasteiger partial charge in [0, 0.05) is 17.2 Å². The highest BCUT2D eigenvalue weighted by atomic mass is 16.1. The maximum atomic E-state index is 12.3. The standard InChI is InChI=1S/C18H24N2O/c1-13-12-17(10-9-15(13)8-5-11-19)18(21)20-14(2)16-6-3-4-7-16/h9-10,12,14,16H,3-4,6-7,11,19H2,1-2H3,(H,20,21). The van der Waals surface area contributed by atoms with Crippen molar-refractivity contribution in [2.24, 2.45) is 11.7 Å². The van der Waals surface area contributed by atoms with Crippen molar-refractivity contribution in [1.82, 2.24) is 5.32 Å². The summed E-state index contributed by atoms with van der Waals surface area (Å²) in [5.41, 5.74) is 8.03. The minimum Gasteiger partial charge on any atom is -0.349 e. The lowest BCUT2D eigenvalue weighted by atomic mass is 9.99. The van der Waals surface area contributed by atoms with Gasteiger partial charge in [-0.2, -0.15) is 0 Å². The van der Waals surface area contributed by atoms with Gasteiger partial charge in [-0.1, -0.05) is 24.7 Å². The summed E-state index contributed by atoms with van der Waals surface area (Å²) in [5.74, 6) is 6.50. The Balaban J connectivity index is 2.03. The molecule has 1 aliphatic carbocycles. The average molecular weight is 284 g/mol. The Morgan fingerprint density at radius 2 is 2.14 bits per heavy atom. The highest BCUT2D eigenvalue weighted by Gasteiger charge is 2.23. The van der Waals surface area contributed by atoms with E-state index < -0.39 is 0 Å². The van der Waals surface area contributed by atoms with E-state index in [4.69, 9.17) is 5.73 Å². The van der Waals surface area contributed by atoms with Crippen molar-refractivity contribution in [2.75, 3.05) is 6.54 Å². The topological polar surface area (TPSA) is 55.1 Å². The molecule has 3 N–H and O–H groups in total. The van der Waals surface area contributed by atoms with E-state index in [0.29, 0.717) is 18.0 Å². The molecule has 0 bridgehead atoms. The first-order chi connectivity index (χ1) is 10.1. The van der Waals surface area contributed by atoms with Gasteiger partial charge in [-0.15, -0.1) is 0 Å². The van der Waals surface area contributed by atoms with Gasteiger partial charge in [0.1, 0.15) is 0 Å². The number of carbonyl (C=O) groups is 1. The van der Waals surface area contributed by atoms with E-state index in [2.05, 4.69) is 24.1 Å². The molecule has 1 aliphatic rings. The number of aryl methyl sites for hydroxylation is 1. The Morgan fingerprint density at radius 1 is 1.43 bits per heavy atom. The lowest BCUT2D eigenvalue weighted by Gasteiger charge is -2.20. The number of hydrogen-bond donors (Lipinski definition) is 2. The summed E-state index contributed by atoms with van der Waals surface area (Å²) in [6.45, 7) is 4.43. The van der Waals surface area contributed by atoms with Crippen LogP contribution in [0.4, 0.5) is 0 Å². The van der Waals surface area contributed by atoms with Crippen LogP contribution >= 0.6 is 0 Å². The molecule has 0 spiro atoms. The van der Waals surface area contributed by atoms with Gasteiger partial charge in [-0.05, 0) is 56.4 Å². The maximum Gasteiger partial charge on any atom is 0.251 e. The molecule has 1 saturated carbocycles. The summed E-state index contributed by atoms with van der Waals surface area (Å²) < 4.78 is 0. The number of amides is 1. The van der Waals surface area contributed by atoms with Gasteiger partial charge in [-0.3, -0.25) is 4.79 Å². The predicted octanol–water partition coefficient (Wildman–Crippen LogP) is 2.61. The van der Waals surface area contributed by atoms with Gasteiger partial charge in [0.05, 0.1) is 6.54 Å². The van der Waals surface area contributed by atoms with E-state index in [9.17, 15) is 4.79 Å². The lowest BCUT2D eigenvalue weighted by molar-refractivity contribution is 0.0927. The molecule has 1 aromatic carbocycles. The minimum atomic E-state index is 0.0100.